The van der Waals surface area contributed by atoms with Gasteiger partial charge in [-0.1, -0.05) is 30.3 Å². The van der Waals surface area contributed by atoms with E-state index in [0.29, 0.717) is 6.41 Å². The lowest BCUT2D eigenvalue weighted by molar-refractivity contribution is -0.172. The van der Waals surface area contributed by atoms with Crippen LogP contribution in [0.1, 0.15) is 5.56 Å². The third-order valence-electron chi connectivity index (χ3n) is 1.58. The van der Waals surface area contributed by atoms with Crippen molar-refractivity contribution in [2.45, 2.75) is 6.61 Å². The van der Waals surface area contributed by atoms with E-state index in [1.165, 1.54) is 0 Å². The average molecular weight is 192 g/mol. The first-order chi connectivity index (χ1) is 6.86. The number of carbonyl (C=O) groups excluding carboxylic acids is 2. The Kier molecular flexibility index (Phi) is 4.37. The van der Waals surface area contributed by atoms with Crippen LogP contribution in [0.5, 0.6) is 0 Å². The number of hydroxylamine groups is 2. The molecule has 0 bridgehead atoms. The maximum absolute atomic E-state index is 10.3. The van der Waals surface area contributed by atoms with Crippen molar-refractivity contribution in [3.05, 3.63) is 35.9 Å². The fourth-order valence-electron chi connectivity index (χ4n) is 0.909. The summed E-state index contributed by atoms with van der Waals surface area (Å²) in [5.74, 6) is 0. The lowest BCUT2D eigenvalue weighted by Crippen LogP contribution is -2.24. The Hall–Kier alpha value is -1.68. The predicted octanol–water partition coefficient (Wildman–Crippen LogP) is 0.686. The Labute approximate surface area is 82.0 Å². The molecular weight excluding hydrogens is 182 g/mol. The van der Waals surface area contributed by atoms with Gasteiger partial charge < -0.3 is 0 Å². The van der Waals surface area contributed by atoms with Crippen LogP contribution < -0.4 is 0 Å². The molecule has 0 unspecified atom stereocenters. The molecule has 1 amide bonds. The first-order valence-corrected chi connectivity index (χ1v) is 4.10. The summed E-state index contributed by atoms with van der Waals surface area (Å²) in [6.07, 6.45) is 2.03. The van der Waals surface area contributed by atoms with E-state index in [2.05, 4.69) is 0 Å². The highest BCUT2D eigenvalue weighted by atomic mass is 16.7. The zero-order chi connectivity index (χ0) is 10.2. The highest BCUT2D eigenvalue weighted by Gasteiger charge is 2.01. The first kappa shape index (κ1) is 10.4. The van der Waals surface area contributed by atoms with Crippen LogP contribution in [0.25, 0.3) is 0 Å². The topological polar surface area (TPSA) is 46.6 Å². The van der Waals surface area contributed by atoms with E-state index < -0.39 is 0 Å². The average Bonchev–Trinajstić information content (AvgIpc) is 2.25. The number of nitrogens with zero attached hydrogens (tertiary/aromatic N) is 1. The monoisotopic (exact) mass is 192 g/mol. The van der Waals surface area contributed by atoms with Crippen LogP contribution in [-0.4, -0.2) is 24.3 Å². The van der Waals surface area contributed by atoms with Gasteiger partial charge in [-0.15, -0.1) is 0 Å². The highest BCUT2D eigenvalue weighted by Crippen LogP contribution is 2.01. The Bertz CT molecular complexity index is 287. The van der Waals surface area contributed by atoms with Crippen LogP contribution >= 0.6 is 0 Å². The summed E-state index contributed by atoms with van der Waals surface area (Å²) in [6, 6.07) is 9.37. The van der Waals surface area contributed by atoms with Gasteiger partial charge >= 0.3 is 0 Å². The van der Waals surface area contributed by atoms with Gasteiger partial charge in [-0.2, -0.15) is 0 Å². The molecule has 0 aromatic heterocycles. The SMILES string of the molecule is O=[C]CN(C=O)OCc1ccccc1. The smallest absolute Gasteiger partial charge is 0.233 e. The van der Waals surface area contributed by atoms with E-state index >= 15 is 0 Å². The minimum Gasteiger partial charge on any atom is -0.289 e. The second-order valence-corrected chi connectivity index (χ2v) is 2.58. The minimum atomic E-state index is -0.170. The largest absolute Gasteiger partial charge is 0.289 e. The molecule has 0 heterocycles. The Balaban J connectivity index is 2.39. The van der Waals surface area contributed by atoms with Crippen LogP contribution in [0.15, 0.2) is 30.3 Å². The number of hydrogen-bond donors (Lipinski definition) is 0. The third-order valence-corrected chi connectivity index (χ3v) is 1.58. The summed E-state index contributed by atoms with van der Waals surface area (Å²) in [7, 11) is 0. The van der Waals surface area contributed by atoms with Crippen LogP contribution in [0.3, 0.4) is 0 Å². The van der Waals surface area contributed by atoms with Crippen molar-refractivity contribution in [1.82, 2.24) is 5.06 Å². The van der Waals surface area contributed by atoms with Gasteiger partial charge in [-0.05, 0) is 5.56 Å². The molecule has 0 saturated carbocycles. The molecule has 4 nitrogen and oxygen atoms in total. The van der Waals surface area contributed by atoms with Gasteiger partial charge in [-0.25, -0.2) is 5.06 Å². The van der Waals surface area contributed by atoms with Gasteiger partial charge in [-0.3, -0.25) is 14.4 Å². The fraction of sp³-hybridized carbons (Fsp3) is 0.200. The minimum absolute atomic E-state index is 0.170. The van der Waals surface area contributed by atoms with Crippen LogP contribution in [0, 0.1) is 0 Å². The number of amides is 1. The van der Waals surface area contributed by atoms with Gasteiger partial charge in [0.1, 0.15) is 13.2 Å². The summed E-state index contributed by atoms with van der Waals surface area (Å²) in [6.45, 7) is 0.0948. The van der Waals surface area contributed by atoms with Gasteiger partial charge in [0.15, 0.2) is 0 Å². The van der Waals surface area contributed by atoms with E-state index in [9.17, 15) is 9.59 Å². The molecular formula is C10H10NO3. The lowest BCUT2D eigenvalue weighted by atomic mass is 10.2. The van der Waals surface area contributed by atoms with Gasteiger partial charge in [0.05, 0.1) is 0 Å². The van der Waals surface area contributed by atoms with Crippen molar-refractivity contribution in [3.63, 3.8) is 0 Å². The number of rotatable bonds is 6. The summed E-state index contributed by atoms with van der Waals surface area (Å²) in [5.41, 5.74) is 0.935. The van der Waals surface area contributed by atoms with E-state index in [1.54, 1.807) is 6.29 Å². The molecule has 1 aromatic carbocycles. The highest BCUT2D eigenvalue weighted by molar-refractivity contribution is 5.58. The molecule has 0 spiro atoms. The van der Waals surface area contributed by atoms with Crippen LogP contribution in [0.2, 0.25) is 0 Å². The van der Waals surface area contributed by atoms with E-state index in [1.807, 2.05) is 30.3 Å². The molecule has 1 radical (unpaired) electrons. The number of carbonyl (C=O) groups is 1. The second-order valence-electron chi connectivity index (χ2n) is 2.58. The fourth-order valence-corrected chi connectivity index (χ4v) is 0.909. The van der Waals surface area contributed by atoms with Gasteiger partial charge in [0.25, 0.3) is 0 Å². The van der Waals surface area contributed by atoms with Crippen molar-refractivity contribution in [1.29, 1.82) is 0 Å². The molecule has 0 atom stereocenters. The molecule has 1 aromatic rings. The van der Waals surface area contributed by atoms with Crippen LogP contribution in [0.4, 0.5) is 0 Å². The van der Waals surface area contributed by atoms with E-state index in [-0.39, 0.29) is 13.2 Å². The Morgan fingerprint density at radius 3 is 2.64 bits per heavy atom. The summed E-state index contributed by atoms with van der Waals surface area (Å²) in [4.78, 5) is 25.3. The van der Waals surface area contributed by atoms with Crippen molar-refractivity contribution < 1.29 is 14.4 Å². The molecule has 73 valence electrons. The standard InChI is InChI=1S/C10H10NO3/c12-7-6-11(9-13)14-8-10-4-2-1-3-5-10/h1-5,9H,6,8H2. The van der Waals surface area contributed by atoms with Crippen molar-refractivity contribution in [2.75, 3.05) is 6.54 Å². The lowest BCUT2D eigenvalue weighted by Gasteiger charge is -2.12. The van der Waals surface area contributed by atoms with Crippen molar-refractivity contribution >= 4 is 12.7 Å². The Morgan fingerprint density at radius 1 is 1.36 bits per heavy atom. The maximum Gasteiger partial charge on any atom is 0.233 e. The molecule has 1 rings (SSSR count). The normalized spacial score (nSPS) is 9.43. The summed E-state index contributed by atoms with van der Waals surface area (Å²) in [5, 5.41) is 0.903. The molecule has 0 aliphatic carbocycles. The first-order valence-electron chi connectivity index (χ1n) is 4.10. The number of benzene rings is 1. The van der Waals surface area contributed by atoms with Gasteiger partial charge in [0, 0.05) is 0 Å². The Morgan fingerprint density at radius 2 is 2.07 bits per heavy atom. The van der Waals surface area contributed by atoms with Crippen LogP contribution in [-0.2, 0) is 21.0 Å². The van der Waals surface area contributed by atoms with Crippen molar-refractivity contribution in [2.24, 2.45) is 0 Å². The maximum atomic E-state index is 10.3. The molecule has 14 heavy (non-hydrogen) atoms. The molecule has 0 aliphatic heterocycles. The second kappa shape index (κ2) is 5.88. The van der Waals surface area contributed by atoms with E-state index in [0.717, 1.165) is 10.6 Å². The van der Waals surface area contributed by atoms with Crippen molar-refractivity contribution in [3.8, 4) is 0 Å². The summed E-state index contributed by atoms with van der Waals surface area (Å²) >= 11 is 0. The molecule has 0 saturated heterocycles. The summed E-state index contributed by atoms with van der Waals surface area (Å²) < 4.78 is 0. The van der Waals surface area contributed by atoms with Gasteiger partial charge in [0.2, 0.25) is 12.7 Å². The predicted molar refractivity (Wildman–Crippen MR) is 49.7 cm³/mol. The number of hydrogen-bond acceptors (Lipinski definition) is 3. The third kappa shape index (κ3) is 3.37. The van der Waals surface area contributed by atoms with E-state index in [4.69, 9.17) is 4.84 Å². The zero-order valence-electron chi connectivity index (χ0n) is 7.55. The molecule has 0 N–H and O–H groups in total. The quantitative estimate of drug-likeness (QED) is 0.492. The molecule has 0 fully saturated rings. The molecule has 4 heteroatoms. The molecule has 0 aliphatic rings. The zero-order valence-corrected chi connectivity index (χ0v) is 7.55.